The molecule has 2 aromatic carbocycles. The number of hydrogen-bond acceptors (Lipinski definition) is 3. The van der Waals surface area contributed by atoms with Crippen molar-refractivity contribution in [2.45, 2.75) is 45.8 Å². The van der Waals surface area contributed by atoms with Crippen molar-refractivity contribution >= 4 is 11.4 Å². The van der Waals surface area contributed by atoms with E-state index in [0.29, 0.717) is 6.04 Å². The lowest BCUT2D eigenvalue weighted by Crippen LogP contribution is -2.40. The molecule has 0 bridgehead atoms. The average molecular weight is 324 g/mol. The molecule has 1 heterocycles. The first kappa shape index (κ1) is 16.7. The molecule has 3 heteroatoms. The van der Waals surface area contributed by atoms with Gasteiger partial charge < -0.3 is 15.0 Å². The Bertz CT molecular complexity index is 681. The van der Waals surface area contributed by atoms with Gasteiger partial charge in [0, 0.05) is 18.3 Å². The Morgan fingerprint density at radius 1 is 1.17 bits per heavy atom. The van der Waals surface area contributed by atoms with Crippen LogP contribution >= 0.6 is 0 Å². The van der Waals surface area contributed by atoms with E-state index in [1.807, 2.05) is 0 Å². The van der Waals surface area contributed by atoms with E-state index in [0.717, 1.165) is 30.9 Å². The van der Waals surface area contributed by atoms with Gasteiger partial charge in [-0.25, -0.2) is 0 Å². The minimum absolute atomic E-state index is 0.145. The van der Waals surface area contributed by atoms with E-state index < -0.39 is 0 Å². The molecular weight excluding hydrogens is 296 g/mol. The Balaban J connectivity index is 1.74. The number of nitrogens with zero attached hydrogens (tertiary/aromatic N) is 1. The van der Waals surface area contributed by atoms with E-state index in [9.17, 15) is 0 Å². The molecule has 0 radical (unpaired) electrons. The van der Waals surface area contributed by atoms with Gasteiger partial charge in [0.05, 0.1) is 12.2 Å². The van der Waals surface area contributed by atoms with Gasteiger partial charge in [0.1, 0.15) is 11.4 Å². The van der Waals surface area contributed by atoms with Gasteiger partial charge in [0.25, 0.3) is 0 Å². The molecule has 3 rings (SSSR count). The minimum Gasteiger partial charge on any atom is -0.484 e. The lowest BCUT2D eigenvalue weighted by Gasteiger charge is -2.34. The Kier molecular flexibility index (Phi) is 4.70. The summed E-state index contributed by atoms with van der Waals surface area (Å²) in [4.78, 5) is 2.45. The normalized spacial score (nSPS) is 16.5. The van der Waals surface area contributed by atoms with Crippen molar-refractivity contribution in [3.05, 3.63) is 54.1 Å². The van der Waals surface area contributed by atoms with E-state index >= 15 is 0 Å². The van der Waals surface area contributed by atoms with Gasteiger partial charge in [-0.1, -0.05) is 24.3 Å². The van der Waals surface area contributed by atoms with E-state index in [2.05, 4.69) is 86.4 Å². The van der Waals surface area contributed by atoms with E-state index in [1.165, 1.54) is 11.3 Å². The molecule has 0 aliphatic carbocycles. The fourth-order valence-electron chi connectivity index (χ4n) is 3.39. The second-order valence-electron chi connectivity index (χ2n) is 7.22. The molecule has 0 saturated carbocycles. The van der Waals surface area contributed by atoms with E-state index in [4.69, 9.17) is 4.74 Å². The van der Waals surface area contributed by atoms with E-state index in [1.54, 1.807) is 0 Å². The summed E-state index contributed by atoms with van der Waals surface area (Å²) in [5.41, 5.74) is 3.59. The van der Waals surface area contributed by atoms with Gasteiger partial charge in [0.15, 0.2) is 0 Å². The van der Waals surface area contributed by atoms with Crippen LogP contribution in [0.25, 0.3) is 0 Å². The SMILES string of the molecule is CCN(c1ccccc1)C(C)Cc1ccc2c(c1)NCC(C)(C)O2. The highest BCUT2D eigenvalue weighted by molar-refractivity contribution is 5.60. The summed E-state index contributed by atoms with van der Waals surface area (Å²) >= 11 is 0. The lowest BCUT2D eigenvalue weighted by molar-refractivity contribution is 0.116. The van der Waals surface area contributed by atoms with Gasteiger partial charge in [0.2, 0.25) is 0 Å². The highest BCUT2D eigenvalue weighted by atomic mass is 16.5. The maximum Gasteiger partial charge on any atom is 0.143 e. The number of rotatable bonds is 5. The molecule has 0 fully saturated rings. The topological polar surface area (TPSA) is 24.5 Å². The number of para-hydroxylation sites is 1. The maximum atomic E-state index is 6.04. The van der Waals surface area contributed by atoms with Crippen LogP contribution in [0.5, 0.6) is 5.75 Å². The molecule has 1 unspecified atom stereocenters. The number of likely N-dealkylation sites (N-methyl/N-ethyl adjacent to an activating group) is 1. The molecule has 0 saturated heterocycles. The standard InChI is InChI=1S/C21H28N2O/c1-5-23(18-9-7-6-8-10-18)16(2)13-17-11-12-20-19(14-17)22-15-21(3,4)24-20/h6-12,14,16,22H,5,13,15H2,1-4H3. The van der Waals surface area contributed by atoms with Gasteiger partial charge in [-0.05, 0) is 63.9 Å². The first-order valence-corrected chi connectivity index (χ1v) is 8.86. The zero-order valence-electron chi connectivity index (χ0n) is 15.2. The van der Waals surface area contributed by atoms with Crippen molar-refractivity contribution in [1.82, 2.24) is 0 Å². The number of ether oxygens (including phenoxy) is 1. The van der Waals surface area contributed by atoms with Crippen molar-refractivity contribution in [2.24, 2.45) is 0 Å². The number of nitrogens with one attached hydrogen (secondary N) is 1. The predicted molar refractivity (Wildman–Crippen MR) is 102 cm³/mol. The molecule has 128 valence electrons. The maximum absolute atomic E-state index is 6.04. The number of fused-ring (bicyclic) bond motifs is 1. The van der Waals surface area contributed by atoms with Crippen molar-refractivity contribution in [3.63, 3.8) is 0 Å². The van der Waals surface area contributed by atoms with Gasteiger partial charge in [-0.3, -0.25) is 0 Å². The zero-order valence-corrected chi connectivity index (χ0v) is 15.2. The first-order chi connectivity index (χ1) is 11.5. The molecule has 2 aromatic rings. The van der Waals surface area contributed by atoms with Crippen molar-refractivity contribution in [1.29, 1.82) is 0 Å². The molecule has 3 nitrogen and oxygen atoms in total. The van der Waals surface area contributed by atoms with Crippen LogP contribution in [0.1, 0.15) is 33.3 Å². The van der Waals surface area contributed by atoms with Crippen molar-refractivity contribution in [3.8, 4) is 5.75 Å². The molecule has 1 aliphatic rings. The van der Waals surface area contributed by atoms with Crippen LogP contribution in [0, 0.1) is 0 Å². The third-order valence-corrected chi connectivity index (χ3v) is 4.63. The Labute approximate surface area is 145 Å². The lowest BCUT2D eigenvalue weighted by atomic mass is 10.0. The van der Waals surface area contributed by atoms with Gasteiger partial charge >= 0.3 is 0 Å². The monoisotopic (exact) mass is 324 g/mol. The third-order valence-electron chi connectivity index (χ3n) is 4.63. The summed E-state index contributed by atoms with van der Waals surface area (Å²) in [5, 5.41) is 3.50. The summed E-state index contributed by atoms with van der Waals surface area (Å²) in [6.45, 7) is 10.6. The fraction of sp³-hybridized carbons (Fsp3) is 0.429. The highest BCUT2D eigenvalue weighted by Gasteiger charge is 2.26. The van der Waals surface area contributed by atoms with Crippen molar-refractivity contribution in [2.75, 3.05) is 23.3 Å². The van der Waals surface area contributed by atoms with E-state index in [-0.39, 0.29) is 5.60 Å². The summed E-state index contributed by atoms with van der Waals surface area (Å²) in [7, 11) is 0. The van der Waals surface area contributed by atoms with Crippen LogP contribution in [0.15, 0.2) is 48.5 Å². The second-order valence-corrected chi connectivity index (χ2v) is 7.22. The van der Waals surface area contributed by atoms with Crippen molar-refractivity contribution < 1.29 is 4.74 Å². The summed E-state index contributed by atoms with van der Waals surface area (Å²) in [6.07, 6.45) is 1.01. The van der Waals surface area contributed by atoms with Crippen LogP contribution in [-0.4, -0.2) is 24.7 Å². The summed E-state index contributed by atoms with van der Waals surface area (Å²) in [5.74, 6) is 0.957. The fourth-order valence-corrected chi connectivity index (χ4v) is 3.39. The summed E-state index contributed by atoms with van der Waals surface area (Å²) in [6, 6.07) is 17.6. The third kappa shape index (κ3) is 3.66. The quantitative estimate of drug-likeness (QED) is 0.861. The smallest absolute Gasteiger partial charge is 0.143 e. The Morgan fingerprint density at radius 2 is 1.92 bits per heavy atom. The van der Waals surface area contributed by atoms with Gasteiger partial charge in [-0.15, -0.1) is 0 Å². The predicted octanol–water partition coefficient (Wildman–Crippen LogP) is 4.73. The van der Waals surface area contributed by atoms with Crippen LogP contribution in [0.2, 0.25) is 0 Å². The van der Waals surface area contributed by atoms with Crippen LogP contribution < -0.4 is 15.0 Å². The first-order valence-electron chi connectivity index (χ1n) is 8.86. The highest BCUT2D eigenvalue weighted by Crippen LogP contribution is 2.34. The van der Waals surface area contributed by atoms with Crippen LogP contribution in [-0.2, 0) is 6.42 Å². The van der Waals surface area contributed by atoms with Crippen LogP contribution in [0.4, 0.5) is 11.4 Å². The Hall–Kier alpha value is -2.16. The zero-order chi connectivity index (χ0) is 17.2. The molecule has 0 amide bonds. The largest absolute Gasteiger partial charge is 0.484 e. The number of benzene rings is 2. The molecule has 0 spiro atoms. The molecule has 1 N–H and O–H groups in total. The second kappa shape index (κ2) is 6.76. The molecular formula is C21H28N2O. The summed E-state index contributed by atoms with van der Waals surface area (Å²) < 4.78 is 6.04. The molecule has 24 heavy (non-hydrogen) atoms. The van der Waals surface area contributed by atoms with Crippen LogP contribution in [0.3, 0.4) is 0 Å². The molecule has 0 aromatic heterocycles. The number of anilines is 2. The average Bonchev–Trinajstić information content (AvgIpc) is 2.56. The number of hydrogen-bond donors (Lipinski definition) is 1. The Morgan fingerprint density at radius 3 is 2.62 bits per heavy atom. The molecule has 1 aliphatic heterocycles. The minimum atomic E-state index is -0.145. The van der Waals surface area contributed by atoms with Gasteiger partial charge in [-0.2, -0.15) is 0 Å². The molecule has 1 atom stereocenters.